The molecule has 3 aromatic rings. The molecule has 0 saturated carbocycles. The third kappa shape index (κ3) is 3.72. The van der Waals surface area contributed by atoms with Crippen LogP contribution in [0.1, 0.15) is 38.8 Å². The summed E-state index contributed by atoms with van der Waals surface area (Å²) >= 11 is 7.09. The lowest BCUT2D eigenvalue weighted by Crippen LogP contribution is -2.23. The van der Waals surface area contributed by atoms with Gasteiger partial charge >= 0.3 is 5.97 Å². The number of nitrogens with one attached hydrogen (secondary N) is 1. The molecular formula is C20H15ClN2O4S. The van der Waals surface area contributed by atoms with Gasteiger partial charge in [0, 0.05) is 17.4 Å². The van der Waals surface area contributed by atoms with Crippen LogP contribution in [0.3, 0.4) is 0 Å². The Labute approximate surface area is 169 Å². The number of aromatic nitrogens is 1. The van der Waals surface area contributed by atoms with Gasteiger partial charge in [0.05, 0.1) is 10.6 Å². The number of hydrogen-bond acceptors (Lipinski definition) is 5. The number of carboxylic acid groups (broad SMARTS) is 1. The molecule has 1 aromatic heterocycles. The number of halogens is 1. The summed E-state index contributed by atoms with van der Waals surface area (Å²) in [6, 6.07) is 14.9. The summed E-state index contributed by atoms with van der Waals surface area (Å²) in [5.41, 5.74) is 2.07. The largest absolute Gasteiger partial charge is 0.489 e. The molecule has 4 rings (SSSR count). The topological polar surface area (TPSA) is 88.5 Å². The average molecular weight is 415 g/mol. The number of carbonyl (C=O) groups excluding carboxylic acids is 1. The zero-order chi connectivity index (χ0) is 19.7. The molecule has 1 aliphatic rings. The first kappa shape index (κ1) is 18.5. The molecule has 1 atom stereocenters. The zero-order valence-electron chi connectivity index (χ0n) is 14.5. The Balaban J connectivity index is 1.53. The van der Waals surface area contributed by atoms with Gasteiger partial charge < -0.3 is 15.2 Å². The molecule has 28 heavy (non-hydrogen) atoms. The van der Waals surface area contributed by atoms with Crippen molar-refractivity contribution in [2.24, 2.45) is 0 Å². The molecule has 0 aliphatic carbocycles. The second-order valence-electron chi connectivity index (χ2n) is 6.37. The van der Waals surface area contributed by atoms with Gasteiger partial charge in [-0.3, -0.25) is 4.79 Å². The van der Waals surface area contributed by atoms with E-state index in [-0.39, 0.29) is 23.9 Å². The van der Waals surface area contributed by atoms with Crippen LogP contribution in [0.25, 0.3) is 0 Å². The molecule has 2 N–H and O–H groups in total. The highest BCUT2D eigenvalue weighted by atomic mass is 35.5. The van der Waals surface area contributed by atoms with E-state index >= 15 is 0 Å². The average Bonchev–Trinajstić information content (AvgIpc) is 3.10. The fourth-order valence-electron chi connectivity index (χ4n) is 3.13. The highest BCUT2D eigenvalue weighted by Gasteiger charge is 2.33. The lowest BCUT2D eigenvalue weighted by Gasteiger charge is -2.22. The van der Waals surface area contributed by atoms with Crippen molar-refractivity contribution in [2.75, 3.05) is 5.32 Å². The number of fused-ring (bicyclic) bond motifs is 1. The summed E-state index contributed by atoms with van der Waals surface area (Å²) < 4.78 is 9.78. The highest BCUT2D eigenvalue weighted by molar-refractivity contribution is 7.06. The second-order valence-corrected chi connectivity index (χ2v) is 7.61. The van der Waals surface area contributed by atoms with E-state index in [1.165, 1.54) is 0 Å². The van der Waals surface area contributed by atoms with E-state index in [1.807, 2.05) is 48.5 Å². The van der Waals surface area contributed by atoms with Crippen molar-refractivity contribution in [3.8, 4) is 5.75 Å². The molecule has 1 unspecified atom stereocenters. The quantitative estimate of drug-likeness (QED) is 0.639. The van der Waals surface area contributed by atoms with Crippen molar-refractivity contribution in [1.82, 2.24) is 4.37 Å². The molecule has 0 spiro atoms. The monoisotopic (exact) mass is 414 g/mol. The van der Waals surface area contributed by atoms with Gasteiger partial charge in [0.25, 0.3) is 0 Å². The number of anilines is 1. The van der Waals surface area contributed by atoms with Crippen LogP contribution in [0, 0.1) is 0 Å². The zero-order valence-corrected chi connectivity index (χ0v) is 16.1. The predicted molar refractivity (Wildman–Crippen MR) is 106 cm³/mol. The standard InChI is InChI=1S/C20H15ClN2O4S/c21-13-3-1-2-11(8-13)10-27-14-6-4-12(5-7-14)15-9-16(24)22-17-18(20(25)26)23-28-19(15)17/h1-8,15H,9-10H2,(H,22,24)(H,25,26). The summed E-state index contributed by atoms with van der Waals surface area (Å²) in [5.74, 6) is -0.902. The van der Waals surface area contributed by atoms with Crippen molar-refractivity contribution in [3.63, 3.8) is 0 Å². The predicted octanol–water partition coefficient (Wildman–Crippen LogP) is 4.55. The molecule has 0 fully saturated rings. The van der Waals surface area contributed by atoms with Gasteiger partial charge in [-0.1, -0.05) is 35.9 Å². The maximum Gasteiger partial charge on any atom is 0.357 e. The van der Waals surface area contributed by atoms with Crippen LogP contribution in [0.2, 0.25) is 5.02 Å². The third-order valence-corrected chi connectivity index (χ3v) is 5.66. The van der Waals surface area contributed by atoms with Crippen molar-refractivity contribution in [2.45, 2.75) is 18.9 Å². The Kier molecular flexibility index (Phi) is 5.02. The number of nitrogens with zero attached hydrogens (tertiary/aromatic N) is 1. The van der Waals surface area contributed by atoms with Gasteiger partial charge in [0.15, 0.2) is 5.69 Å². The molecule has 8 heteroatoms. The lowest BCUT2D eigenvalue weighted by atomic mass is 9.90. The van der Waals surface area contributed by atoms with Gasteiger partial charge in [-0.05, 0) is 46.9 Å². The van der Waals surface area contributed by atoms with Crippen molar-refractivity contribution in [1.29, 1.82) is 0 Å². The number of hydrogen-bond donors (Lipinski definition) is 2. The van der Waals surface area contributed by atoms with Gasteiger partial charge in [-0.15, -0.1) is 0 Å². The van der Waals surface area contributed by atoms with E-state index in [0.717, 1.165) is 27.5 Å². The SMILES string of the molecule is O=C1CC(c2ccc(OCc3cccc(Cl)c3)cc2)c2snc(C(=O)O)c2N1. The van der Waals surface area contributed by atoms with Crippen molar-refractivity contribution < 1.29 is 19.4 Å². The minimum Gasteiger partial charge on any atom is -0.489 e. The summed E-state index contributed by atoms with van der Waals surface area (Å²) in [6.07, 6.45) is 0.247. The Bertz CT molecular complexity index is 1050. The molecule has 0 saturated heterocycles. The maximum absolute atomic E-state index is 12.1. The summed E-state index contributed by atoms with van der Waals surface area (Å²) in [4.78, 5) is 24.1. The van der Waals surface area contributed by atoms with Crippen LogP contribution in [0.15, 0.2) is 48.5 Å². The van der Waals surface area contributed by atoms with Crippen molar-refractivity contribution >= 4 is 40.7 Å². The van der Waals surface area contributed by atoms with E-state index in [4.69, 9.17) is 16.3 Å². The Morgan fingerprint density at radius 1 is 1.29 bits per heavy atom. The minimum absolute atomic E-state index is 0.112. The van der Waals surface area contributed by atoms with Crippen LogP contribution in [-0.2, 0) is 11.4 Å². The Hall–Kier alpha value is -2.90. The van der Waals surface area contributed by atoms with Gasteiger partial charge in [-0.25, -0.2) is 4.79 Å². The van der Waals surface area contributed by atoms with Gasteiger partial charge in [0.2, 0.25) is 5.91 Å². The minimum atomic E-state index is -1.15. The number of rotatable bonds is 5. The molecule has 0 bridgehead atoms. The molecule has 1 aliphatic heterocycles. The third-order valence-electron chi connectivity index (χ3n) is 4.47. The number of amides is 1. The summed E-state index contributed by atoms with van der Waals surface area (Å²) in [7, 11) is 0. The second kappa shape index (κ2) is 7.61. The Morgan fingerprint density at radius 2 is 2.07 bits per heavy atom. The van der Waals surface area contributed by atoms with E-state index in [0.29, 0.717) is 23.1 Å². The first-order chi connectivity index (χ1) is 13.5. The van der Waals surface area contributed by atoms with Crippen molar-refractivity contribution in [3.05, 3.63) is 75.3 Å². The number of aromatic carboxylic acids is 1. The van der Waals surface area contributed by atoms with E-state index < -0.39 is 5.97 Å². The van der Waals surface area contributed by atoms with Gasteiger partial charge in [0.1, 0.15) is 12.4 Å². The van der Waals surface area contributed by atoms with E-state index in [9.17, 15) is 14.7 Å². The van der Waals surface area contributed by atoms with E-state index in [2.05, 4.69) is 9.69 Å². The summed E-state index contributed by atoms with van der Waals surface area (Å²) in [5, 5.41) is 12.5. The van der Waals surface area contributed by atoms with Gasteiger partial charge in [-0.2, -0.15) is 4.37 Å². The number of benzene rings is 2. The maximum atomic E-state index is 12.1. The lowest BCUT2D eigenvalue weighted by molar-refractivity contribution is -0.116. The normalized spacial score (nSPS) is 15.6. The van der Waals surface area contributed by atoms with Crippen LogP contribution in [0.4, 0.5) is 5.69 Å². The van der Waals surface area contributed by atoms with Crippen LogP contribution in [-0.4, -0.2) is 21.4 Å². The first-order valence-corrected chi connectivity index (χ1v) is 9.66. The number of carbonyl (C=O) groups is 2. The Morgan fingerprint density at radius 3 is 2.79 bits per heavy atom. The molecule has 2 heterocycles. The summed E-state index contributed by atoms with van der Waals surface area (Å²) in [6.45, 7) is 0.396. The van der Waals surface area contributed by atoms with Crippen LogP contribution >= 0.6 is 23.1 Å². The molecule has 1 amide bonds. The number of ether oxygens (including phenoxy) is 1. The molecule has 142 valence electrons. The smallest absolute Gasteiger partial charge is 0.357 e. The fourth-order valence-corrected chi connectivity index (χ4v) is 4.29. The highest BCUT2D eigenvalue weighted by Crippen LogP contribution is 2.41. The van der Waals surface area contributed by atoms with Crippen LogP contribution < -0.4 is 10.1 Å². The fraction of sp³-hybridized carbons (Fsp3) is 0.150. The molecule has 2 aromatic carbocycles. The first-order valence-electron chi connectivity index (χ1n) is 8.51. The molecular weight excluding hydrogens is 400 g/mol. The number of carboxylic acids is 1. The van der Waals surface area contributed by atoms with Crippen LogP contribution in [0.5, 0.6) is 5.75 Å². The molecule has 6 nitrogen and oxygen atoms in total. The molecule has 0 radical (unpaired) electrons. The van der Waals surface area contributed by atoms with E-state index in [1.54, 1.807) is 0 Å².